The molecule has 0 aromatic carbocycles. The highest BCUT2D eigenvalue weighted by Gasteiger charge is 2.21. The summed E-state index contributed by atoms with van der Waals surface area (Å²) in [4.78, 5) is 24.7. The van der Waals surface area contributed by atoms with Crippen LogP contribution in [0.1, 0.15) is 37.9 Å². The molecule has 1 saturated heterocycles. The van der Waals surface area contributed by atoms with Crippen LogP contribution in [0.25, 0.3) is 0 Å². The van der Waals surface area contributed by atoms with Crippen LogP contribution in [-0.4, -0.2) is 46.6 Å². The van der Waals surface area contributed by atoms with E-state index in [0.717, 1.165) is 49.9 Å². The summed E-state index contributed by atoms with van der Waals surface area (Å²) in [6, 6.07) is 4.06. The zero-order valence-corrected chi connectivity index (χ0v) is 16.2. The Balaban J connectivity index is 1.70. The van der Waals surface area contributed by atoms with E-state index in [1.807, 2.05) is 24.6 Å². The average Bonchev–Trinajstić information content (AvgIpc) is 3.28. The molecule has 0 aliphatic carbocycles. The van der Waals surface area contributed by atoms with Crippen LogP contribution in [0.15, 0.2) is 29.9 Å². The molecule has 1 atom stereocenters. The molecular weight excluding hydrogens is 348 g/mol. The number of carbonyl (C=O) groups excluding carboxylic acids is 1. The third-order valence-electron chi connectivity index (χ3n) is 4.47. The number of aromatic nitrogens is 2. The van der Waals surface area contributed by atoms with Crippen molar-refractivity contribution in [1.29, 1.82) is 0 Å². The maximum absolute atomic E-state index is 11.7. The summed E-state index contributed by atoms with van der Waals surface area (Å²) in [5.74, 6) is 0.0278. The molecule has 7 heteroatoms. The van der Waals surface area contributed by atoms with Gasteiger partial charge in [0.25, 0.3) is 0 Å². The maximum Gasteiger partial charge on any atom is 0.225 e. The average molecular weight is 375 g/mol. The Morgan fingerprint density at radius 1 is 1.42 bits per heavy atom. The van der Waals surface area contributed by atoms with Gasteiger partial charge < -0.3 is 4.74 Å². The smallest absolute Gasteiger partial charge is 0.225 e. The number of rotatable bonds is 8. The van der Waals surface area contributed by atoms with Gasteiger partial charge in [-0.15, -0.1) is 11.3 Å². The fourth-order valence-electron chi connectivity index (χ4n) is 3.23. The summed E-state index contributed by atoms with van der Waals surface area (Å²) >= 11 is 1.53. The number of hydrogen-bond acceptors (Lipinski definition) is 6. The van der Waals surface area contributed by atoms with Gasteiger partial charge in [0.05, 0.1) is 11.8 Å². The Hall–Kier alpha value is -1.83. The third kappa shape index (κ3) is 5.09. The van der Waals surface area contributed by atoms with Gasteiger partial charge >= 0.3 is 0 Å². The Morgan fingerprint density at radius 3 is 2.96 bits per heavy atom. The van der Waals surface area contributed by atoms with E-state index in [0.29, 0.717) is 6.54 Å². The van der Waals surface area contributed by atoms with Crippen molar-refractivity contribution in [2.75, 3.05) is 24.6 Å². The van der Waals surface area contributed by atoms with Crippen LogP contribution >= 0.6 is 11.3 Å². The van der Waals surface area contributed by atoms with Crippen LogP contribution in [0.2, 0.25) is 0 Å². The highest BCUT2D eigenvalue weighted by Crippen LogP contribution is 2.23. The Bertz CT molecular complexity index is 701. The van der Waals surface area contributed by atoms with Gasteiger partial charge in [-0.05, 0) is 31.4 Å². The Labute approximate surface area is 158 Å². The van der Waals surface area contributed by atoms with E-state index in [1.54, 1.807) is 18.0 Å². The minimum Gasteiger partial charge on any atom is -0.377 e. The molecule has 1 fully saturated rings. The number of anilines is 1. The molecule has 3 rings (SSSR count). The summed E-state index contributed by atoms with van der Waals surface area (Å²) in [7, 11) is 0. The third-order valence-corrected chi connectivity index (χ3v) is 5.38. The summed E-state index contributed by atoms with van der Waals surface area (Å²) < 4.78 is 5.82. The molecular formula is C19H26N4O2S. The van der Waals surface area contributed by atoms with Gasteiger partial charge in [0.15, 0.2) is 5.13 Å². The zero-order chi connectivity index (χ0) is 18.4. The summed E-state index contributed by atoms with van der Waals surface area (Å²) in [6.07, 6.45) is 6.23. The van der Waals surface area contributed by atoms with Crippen LogP contribution in [0.5, 0.6) is 0 Å². The van der Waals surface area contributed by atoms with Gasteiger partial charge in [-0.2, -0.15) is 0 Å². The summed E-state index contributed by atoms with van der Waals surface area (Å²) in [5, 5.41) is 2.82. The first-order valence-corrected chi connectivity index (χ1v) is 9.99. The van der Waals surface area contributed by atoms with Crippen LogP contribution in [0, 0.1) is 0 Å². The first kappa shape index (κ1) is 18.9. The van der Waals surface area contributed by atoms with Crippen LogP contribution in [0.4, 0.5) is 5.13 Å². The van der Waals surface area contributed by atoms with Crippen molar-refractivity contribution >= 4 is 22.4 Å². The van der Waals surface area contributed by atoms with Crippen molar-refractivity contribution in [2.24, 2.45) is 0 Å². The highest BCUT2D eigenvalue weighted by atomic mass is 32.1. The lowest BCUT2D eigenvalue weighted by Crippen LogP contribution is -2.32. The van der Waals surface area contributed by atoms with E-state index in [1.165, 1.54) is 16.9 Å². The van der Waals surface area contributed by atoms with Gasteiger partial charge in [0.1, 0.15) is 0 Å². The molecule has 1 aliphatic rings. The molecule has 0 bridgehead atoms. The van der Waals surface area contributed by atoms with Gasteiger partial charge in [-0.25, -0.2) is 4.98 Å². The number of thiazole rings is 1. The predicted molar refractivity (Wildman–Crippen MR) is 103 cm³/mol. The molecule has 140 valence electrons. The standard InChI is InChI=1S/C19H26N4O2S/c1-3-23(15(2)24)19-21-17(14-26-19)12-22(13-18-7-5-9-25-18)11-16-6-4-8-20-10-16/h4,6,8,10,14,18H,3,5,7,9,11-13H2,1-2H3/t18-/m0/s1. The molecule has 1 aliphatic heterocycles. The lowest BCUT2D eigenvalue weighted by molar-refractivity contribution is -0.116. The summed E-state index contributed by atoms with van der Waals surface area (Å²) in [6.45, 7) is 7.47. The largest absolute Gasteiger partial charge is 0.377 e. The lowest BCUT2D eigenvalue weighted by Gasteiger charge is -2.24. The fraction of sp³-hybridized carbons (Fsp3) is 0.526. The number of pyridine rings is 1. The van der Waals surface area contributed by atoms with E-state index in [-0.39, 0.29) is 12.0 Å². The monoisotopic (exact) mass is 374 g/mol. The van der Waals surface area contributed by atoms with Crippen molar-refractivity contribution in [3.8, 4) is 0 Å². The number of ether oxygens (including phenoxy) is 1. The first-order valence-electron chi connectivity index (χ1n) is 9.11. The van der Waals surface area contributed by atoms with Gasteiger partial charge in [0.2, 0.25) is 5.91 Å². The molecule has 0 unspecified atom stereocenters. The number of amides is 1. The van der Waals surface area contributed by atoms with Crippen LogP contribution in [0.3, 0.4) is 0 Å². The first-order chi connectivity index (χ1) is 12.7. The molecule has 1 amide bonds. The van der Waals surface area contributed by atoms with Crippen LogP contribution < -0.4 is 4.90 Å². The van der Waals surface area contributed by atoms with E-state index in [2.05, 4.69) is 20.9 Å². The molecule has 26 heavy (non-hydrogen) atoms. The second-order valence-corrected chi connectivity index (χ2v) is 7.39. The van der Waals surface area contributed by atoms with E-state index in [9.17, 15) is 4.79 Å². The quantitative estimate of drug-likeness (QED) is 0.711. The number of hydrogen-bond donors (Lipinski definition) is 0. The molecule has 0 saturated carbocycles. The minimum atomic E-state index is 0.0278. The SMILES string of the molecule is CCN(C(C)=O)c1nc(CN(Cc2cccnc2)C[C@@H]2CCCO2)cs1. The minimum absolute atomic E-state index is 0.0278. The van der Waals surface area contributed by atoms with Crippen molar-refractivity contribution in [2.45, 2.75) is 45.9 Å². The predicted octanol–water partition coefficient (Wildman–Crippen LogP) is 3.09. The summed E-state index contributed by atoms with van der Waals surface area (Å²) in [5.41, 5.74) is 2.17. The molecule has 6 nitrogen and oxygen atoms in total. The zero-order valence-electron chi connectivity index (χ0n) is 15.4. The second-order valence-electron chi connectivity index (χ2n) is 6.55. The van der Waals surface area contributed by atoms with Gasteiger partial charge in [-0.3, -0.25) is 19.6 Å². The Kier molecular flexibility index (Phi) is 6.71. The lowest BCUT2D eigenvalue weighted by atomic mass is 10.2. The van der Waals surface area contributed by atoms with Crippen molar-refractivity contribution in [3.05, 3.63) is 41.2 Å². The topological polar surface area (TPSA) is 58.6 Å². The Morgan fingerprint density at radius 2 is 2.31 bits per heavy atom. The van der Waals surface area contributed by atoms with Crippen molar-refractivity contribution in [1.82, 2.24) is 14.9 Å². The molecule has 2 aromatic rings. The van der Waals surface area contributed by atoms with E-state index >= 15 is 0 Å². The van der Waals surface area contributed by atoms with Gasteiger partial charge in [-0.1, -0.05) is 6.07 Å². The fourth-order valence-corrected chi connectivity index (χ4v) is 4.15. The normalized spacial score (nSPS) is 17.0. The van der Waals surface area contributed by atoms with Crippen molar-refractivity contribution < 1.29 is 9.53 Å². The molecule has 3 heterocycles. The molecule has 0 radical (unpaired) electrons. The number of carbonyl (C=O) groups is 1. The van der Waals surface area contributed by atoms with Crippen LogP contribution in [-0.2, 0) is 22.6 Å². The number of nitrogens with zero attached hydrogens (tertiary/aromatic N) is 4. The van der Waals surface area contributed by atoms with E-state index in [4.69, 9.17) is 4.74 Å². The molecule has 0 N–H and O–H groups in total. The van der Waals surface area contributed by atoms with Gasteiger partial charge in [0, 0.05) is 57.5 Å². The molecule has 2 aromatic heterocycles. The van der Waals surface area contributed by atoms with E-state index < -0.39 is 0 Å². The van der Waals surface area contributed by atoms with Crippen molar-refractivity contribution in [3.63, 3.8) is 0 Å². The highest BCUT2D eigenvalue weighted by molar-refractivity contribution is 7.14. The maximum atomic E-state index is 11.7. The second kappa shape index (κ2) is 9.21. The molecule has 0 spiro atoms.